The number of amides is 3. The number of aromatic nitrogens is 2. The van der Waals surface area contributed by atoms with E-state index in [0.29, 0.717) is 47.4 Å². The third-order valence-electron chi connectivity index (χ3n) is 4.13. The Morgan fingerprint density at radius 1 is 1.00 bits per heavy atom. The van der Waals surface area contributed by atoms with Gasteiger partial charge in [-0.3, -0.25) is 9.59 Å². The molecular weight excluding hydrogens is 358 g/mol. The summed E-state index contributed by atoms with van der Waals surface area (Å²) in [6.07, 6.45) is 1.36. The van der Waals surface area contributed by atoms with Crippen LogP contribution in [0.2, 0.25) is 0 Å². The second-order valence-electron chi connectivity index (χ2n) is 6.21. The molecule has 8 nitrogen and oxygen atoms in total. The topological polar surface area (TPSA) is 116 Å². The monoisotopic (exact) mass is 379 g/mol. The van der Waals surface area contributed by atoms with E-state index in [1.807, 2.05) is 6.07 Å². The van der Waals surface area contributed by atoms with Crippen LogP contribution in [-0.2, 0) is 11.2 Å². The zero-order valence-corrected chi connectivity index (χ0v) is 15.4. The molecule has 0 aliphatic heterocycles. The molecule has 28 heavy (non-hydrogen) atoms. The number of carbonyl (C=O) groups excluding carboxylic acids is 2. The van der Waals surface area contributed by atoms with Gasteiger partial charge in [0.05, 0.1) is 10.9 Å². The van der Waals surface area contributed by atoms with Gasteiger partial charge < -0.3 is 20.9 Å². The number of carbonyl (C=O) groups is 2. The molecule has 1 heterocycles. The lowest BCUT2D eigenvalue weighted by atomic mass is 10.2. The summed E-state index contributed by atoms with van der Waals surface area (Å²) in [4.78, 5) is 42.6. The highest BCUT2D eigenvalue weighted by atomic mass is 16.2. The first kappa shape index (κ1) is 19.1. The first-order chi connectivity index (χ1) is 13.5. The van der Waals surface area contributed by atoms with Crippen LogP contribution in [0.15, 0.2) is 53.3 Å². The van der Waals surface area contributed by atoms with Crippen LogP contribution < -0.4 is 21.5 Å². The lowest BCUT2D eigenvalue weighted by Crippen LogP contribution is -2.24. The Morgan fingerprint density at radius 2 is 1.68 bits per heavy atom. The molecule has 0 spiro atoms. The number of fused-ring (bicyclic) bond motifs is 1. The standard InChI is InChI=1S/C20H21N5O3/c1-21-20(28)23-14-11-9-13(10-12-14)22-18(26)8-4-7-17-24-16-6-3-2-5-15(16)19(27)25-17/h2-3,5-6,9-12H,4,7-8H2,1H3,(H,22,26)(H2,21,23,28)(H,24,25,27). The van der Waals surface area contributed by atoms with Gasteiger partial charge in [-0.15, -0.1) is 0 Å². The van der Waals surface area contributed by atoms with E-state index in [9.17, 15) is 14.4 Å². The van der Waals surface area contributed by atoms with Crippen molar-refractivity contribution in [3.8, 4) is 0 Å². The van der Waals surface area contributed by atoms with E-state index in [1.165, 1.54) is 7.05 Å². The van der Waals surface area contributed by atoms with Crippen molar-refractivity contribution in [1.29, 1.82) is 0 Å². The molecule has 4 N–H and O–H groups in total. The van der Waals surface area contributed by atoms with Gasteiger partial charge in [0, 0.05) is 31.3 Å². The summed E-state index contributed by atoms with van der Waals surface area (Å²) in [5, 5.41) is 8.46. The van der Waals surface area contributed by atoms with Gasteiger partial charge in [-0.1, -0.05) is 12.1 Å². The smallest absolute Gasteiger partial charge is 0.318 e. The number of rotatable bonds is 6. The van der Waals surface area contributed by atoms with Gasteiger partial charge in [0.1, 0.15) is 5.82 Å². The molecule has 144 valence electrons. The fraction of sp³-hybridized carbons (Fsp3) is 0.200. The minimum absolute atomic E-state index is 0.129. The van der Waals surface area contributed by atoms with E-state index in [2.05, 4.69) is 25.9 Å². The van der Waals surface area contributed by atoms with Gasteiger partial charge in [-0.25, -0.2) is 9.78 Å². The summed E-state index contributed by atoms with van der Waals surface area (Å²) >= 11 is 0. The van der Waals surface area contributed by atoms with E-state index in [0.717, 1.165) is 0 Å². The maximum absolute atomic E-state index is 12.1. The first-order valence-electron chi connectivity index (χ1n) is 8.92. The summed E-state index contributed by atoms with van der Waals surface area (Å²) in [7, 11) is 1.53. The zero-order chi connectivity index (χ0) is 19.9. The summed E-state index contributed by atoms with van der Waals surface area (Å²) in [6.45, 7) is 0. The van der Waals surface area contributed by atoms with Gasteiger partial charge in [0.15, 0.2) is 0 Å². The number of nitrogens with one attached hydrogen (secondary N) is 4. The fourth-order valence-corrected chi connectivity index (χ4v) is 2.72. The number of para-hydroxylation sites is 1. The normalized spacial score (nSPS) is 10.5. The van der Waals surface area contributed by atoms with Crippen molar-refractivity contribution in [2.45, 2.75) is 19.3 Å². The van der Waals surface area contributed by atoms with Crippen molar-refractivity contribution >= 4 is 34.2 Å². The molecular formula is C20H21N5O3. The number of H-pyrrole nitrogens is 1. The maximum Gasteiger partial charge on any atom is 0.318 e. The Hall–Kier alpha value is -3.68. The van der Waals surface area contributed by atoms with Crippen molar-refractivity contribution < 1.29 is 9.59 Å². The lowest BCUT2D eigenvalue weighted by Gasteiger charge is -2.08. The third kappa shape index (κ3) is 4.94. The minimum Gasteiger partial charge on any atom is -0.341 e. The average molecular weight is 379 g/mol. The van der Waals surface area contributed by atoms with Gasteiger partial charge in [0.2, 0.25) is 5.91 Å². The molecule has 2 aromatic carbocycles. The molecule has 0 saturated heterocycles. The van der Waals surface area contributed by atoms with Crippen LogP contribution in [0, 0.1) is 0 Å². The van der Waals surface area contributed by atoms with Gasteiger partial charge >= 0.3 is 6.03 Å². The Balaban J connectivity index is 1.51. The van der Waals surface area contributed by atoms with Gasteiger partial charge in [0.25, 0.3) is 5.56 Å². The highest BCUT2D eigenvalue weighted by Crippen LogP contribution is 2.14. The molecule has 8 heteroatoms. The van der Waals surface area contributed by atoms with Crippen molar-refractivity contribution in [3.05, 3.63) is 64.7 Å². The summed E-state index contributed by atoms with van der Waals surface area (Å²) < 4.78 is 0. The number of benzene rings is 2. The predicted molar refractivity (Wildman–Crippen MR) is 108 cm³/mol. The van der Waals surface area contributed by atoms with Crippen LogP contribution in [-0.4, -0.2) is 29.0 Å². The van der Waals surface area contributed by atoms with Crippen LogP contribution in [0.25, 0.3) is 10.9 Å². The Labute approximate surface area is 161 Å². The Kier molecular flexibility index (Phi) is 6.01. The molecule has 3 rings (SSSR count). The Bertz CT molecular complexity index is 1040. The number of anilines is 2. The fourth-order valence-electron chi connectivity index (χ4n) is 2.72. The molecule has 0 radical (unpaired) electrons. The molecule has 0 atom stereocenters. The predicted octanol–water partition coefficient (Wildman–Crippen LogP) is 2.64. The van der Waals surface area contributed by atoms with Crippen LogP contribution >= 0.6 is 0 Å². The molecule has 3 amide bonds. The number of hydrogen-bond acceptors (Lipinski definition) is 4. The molecule has 0 fully saturated rings. The zero-order valence-electron chi connectivity index (χ0n) is 15.4. The molecule has 3 aromatic rings. The number of urea groups is 1. The van der Waals surface area contributed by atoms with Crippen molar-refractivity contribution in [2.24, 2.45) is 0 Å². The third-order valence-corrected chi connectivity index (χ3v) is 4.13. The van der Waals surface area contributed by atoms with Gasteiger partial charge in [-0.2, -0.15) is 0 Å². The largest absolute Gasteiger partial charge is 0.341 e. The number of aromatic amines is 1. The molecule has 1 aromatic heterocycles. The second-order valence-corrected chi connectivity index (χ2v) is 6.21. The van der Waals surface area contributed by atoms with Crippen molar-refractivity contribution in [3.63, 3.8) is 0 Å². The van der Waals surface area contributed by atoms with Crippen LogP contribution in [0.4, 0.5) is 16.2 Å². The SMILES string of the molecule is CNC(=O)Nc1ccc(NC(=O)CCCc2nc3ccccc3c(=O)[nH]2)cc1. The molecule has 0 saturated carbocycles. The van der Waals surface area contributed by atoms with Crippen LogP contribution in [0.1, 0.15) is 18.7 Å². The minimum atomic E-state index is -0.308. The van der Waals surface area contributed by atoms with Crippen LogP contribution in [0.5, 0.6) is 0 Å². The first-order valence-corrected chi connectivity index (χ1v) is 8.92. The summed E-state index contributed by atoms with van der Waals surface area (Å²) in [5.41, 5.74) is 1.75. The van der Waals surface area contributed by atoms with Crippen molar-refractivity contribution in [1.82, 2.24) is 15.3 Å². The highest BCUT2D eigenvalue weighted by Gasteiger charge is 2.06. The lowest BCUT2D eigenvalue weighted by molar-refractivity contribution is -0.116. The quantitative estimate of drug-likeness (QED) is 0.527. The summed E-state index contributed by atoms with van der Waals surface area (Å²) in [5.74, 6) is 0.441. The van der Waals surface area contributed by atoms with Crippen LogP contribution in [0.3, 0.4) is 0 Å². The maximum atomic E-state index is 12.1. The van der Waals surface area contributed by atoms with E-state index in [1.54, 1.807) is 42.5 Å². The molecule has 0 bridgehead atoms. The van der Waals surface area contributed by atoms with E-state index in [4.69, 9.17) is 0 Å². The average Bonchev–Trinajstić information content (AvgIpc) is 2.69. The molecule has 0 unspecified atom stereocenters. The van der Waals surface area contributed by atoms with Gasteiger partial charge in [-0.05, 0) is 42.8 Å². The van der Waals surface area contributed by atoms with E-state index >= 15 is 0 Å². The van der Waals surface area contributed by atoms with Crippen molar-refractivity contribution in [2.75, 3.05) is 17.7 Å². The summed E-state index contributed by atoms with van der Waals surface area (Å²) in [6, 6.07) is 13.7. The molecule has 0 aliphatic carbocycles. The van der Waals surface area contributed by atoms with E-state index < -0.39 is 0 Å². The highest BCUT2D eigenvalue weighted by molar-refractivity contribution is 5.92. The number of hydrogen-bond donors (Lipinski definition) is 4. The Morgan fingerprint density at radius 3 is 2.39 bits per heavy atom. The van der Waals surface area contributed by atoms with E-state index in [-0.39, 0.29) is 17.5 Å². The number of aryl methyl sites for hydroxylation is 1. The molecule has 0 aliphatic rings. The second kappa shape index (κ2) is 8.81. The number of nitrogens with zero attached hydrogens (tertiary/aromatic N) is 1.